The maximum atomic E-state index is 13.6. The van der Waals surface area contributed by atoms with E-state index in [1.54, 1.807) is 11.5 Å². The zero-order valence-corrected chi connectivity index (χ0v) is 17.7. The van der Waals surface area contributed by atoms with E-state index in [1.165, 1.54) is 30.5 Å². The average molecular weight is 448 g/mol. The van der Waals surface area contributed by atoms with E-state index in [9.17, 15) is 18.0 Å². The lowest BCUT2D eigenvalue weighted by molar-refractivity contribution is -0.180. The van der Waals surface area contributed by atoms with Gasteiger partial charge in [0.05, 0.1) is 6.20 Å². The molecule has 1 aromatic carbocycles. The smallest absolute Gasteiger partial charge is 0.322 e. The number of alkyl halides is 3. The number of hydrogen-bond donors (Lipinski definition) is 0. The van der Waals surface area contributed by atoms with Crippen molar-refractivity contribution in [1.82, 2.24) is 14.5 Å². The Morgan fingerprint density at radius 1 is 1.07 bits per heavy atom. The van der Waals surface area contributed by atoms with Crippen molar-refractivity contribution < 1.29 is 18.0 Å². The molecule has 0 N–H and O–H groups in total. The maximum absolute atomic E-state index is 13.6. The second kappa shape index (κ2) is 9.92. The van der Waals surface area contributed by atoms with Crippen LogP contribution in [-0.4, -0.2) is 33.1 Å². The fourth-order valence-electron chi connectivity index (χ4n) is 2.81. The minimum absolute atomic E-state index is 0.0106. The SMILES string of the molecule is CC.CC.Cc1ncc2n1CCN(C(c1ccc(Br)cc1)C(F)(F)F)C2=O. The summed E-state index contributed by atoms with van der Waals surface area (Å²) in [5.74, 6) is -0.0257. The molecular formula is C19H25BrF3N3O. The number of carbonyl (C=O) groups is 1. The van der Waals surface area contributed by atoms with Gasteiger partial charge in [-0.15, -0.1) is 0 Å². The molecular weight excluding hydrogens is 423 g/mol. The monoisotopic (exact) mass is 447 g/mol. The standard InChI is InChI=1S/C15H13BrF3N3O.2C2H6/c1-9-20-8-12-14(23)22(7-6-21(9)12)13(15(17,18)19)10-2-4-11(16)5-3-10;2*1-2/h2-5,8,13H,6-7H2,1H3;2*1-2H3. The fourth-order valence-corrected chi connectivity index (χ4v) is 3.08. The van der Waals surface area contributed by atoms with Crippen LogP contribution >= 0.6 is 15.9 Å². The first-order valence-electron chi connectivity index (χ1n) is 8.94. The molecule has 0 fully saturated rings. The third-order valence-corrected chi connectivity index (χ3v) is 4.44. The van der Waals surface area contributed by atoms with Gasteiger partial charge >= 0.3 is 6.18 Å². The van der Waals surface area contributed by atoms with Gasteiger partial charge in [0.25, 0.3) is 5.91 Å². The zero-order chi connectivity index (χ0) is 20.8. The Morgan fingerprint density at radius 3 is 2.15 bits per heavy atom. The normalized spacial score (nSPS) is 14.4. The first kappa shape index (κ1) is 23.2. The summed E-state index contributed by atoms with van der Waals surface area (Å²) in [6.07, 6.45) is -3.22. The van der Waals surface area contributed by atoms with Crippen molar-refractivity contribution >= 4 is 21.8 Å². The maximum Gasteiger partial charge on any atom is 0.413 e. The molecule has 1 amide bonds. The highest BCUT2D eigenvalue weighted by Gasteiger charge is 2.48. The molecule has 0 saturated carbocycles. The lowest BCUT2D eigenvalue weighted by atomic mass is 10.0. The number of rotatable bonds is 2. The number of carbonyl (C=O) groups excluding carboxylic acids is 1. The van der Waals surface area contributed by atoms with E-state index in [2.05, 4.69) is 20.9 Å². The van der Waals surface area contributed by atoms with Crippen LogP contribution < -0.4 is 0 Å². The van der Waals surface area contributed by atoms with Crippen molar-refractivity contribution in [2.45, 2.75) is 53.4 Å². The Kier molecular flexibility index (Phi) is 8.53. The summed E-state index contributed by atoms with van der Waals surface area (Å²) in [5, 5.41) is 0. The number of amides is 1. The van der Waals surface area contributed by atoms with Crippen LogP contribution in [-0.2, 0) is 6.54 Å². The Hall–Kier alpha value is -1.83. The molecule has 8 heteroatoms. The van der Waals surface area contributed by atoms with Crippen molar-refractivity contribution in [3.8, 4) is 0 Å². The van der Waals surface area contributed by atoms with Crippen molar-refractivity contribution in [3.05, 3.63) is 52.0 Å². The highest BCUT2D eigenvalue weighted by atomic mass is 79.9. The molecule has 0 radical (unpaired) electrons. The molecule has 4 nitrogen and oxygen atoms in total. The molecule has 1 unspecified atom stereocenters. The molecule has 0 spiro atoms. The second-order valence-electron chi connectivity index (χ2n) is 5.34. The number of hydrogen-bond acceptors (Lipinski definition) is 2. The van der Waals surface area contributed by atoms with Gasteiger partial charge < -0.3 is 9.47 Å². The molecule has 27 heavy (non-hydrogen) atoms. The number of nitrogens with zero attached hydrogens (tertiary/aromatic N) is 3. The molecule has 2 aromatic rings. The molecule has 0 saturated heterocycles. The average Bonchev–Trinajstić information content (AvgIpc) is 3.03. The lowest BCUT2D eigenvalue weighted by Gasteiger charge is -2.36. The fraction of sp³-hybridized carbons (Fsp3) is 0.474. The van der Waals surface area contributed by atoms with E-state index in [0.717, 1.165) is 4.90 Å². The van der Waals surface area contributed by atoms with E-state index in [4.69, 9.17) is 0 Å². The lowest BCUT2D eigenvalue weighted by Crippen LogP contribution is -2.47. The quantitative estimate of drug-likeness (QED) is 0.586. The van der Waals surface area contributed by atoms with Gasteiger partial charge in [0.2, 0.25) is 0 Å². The van der Waals surface area contributed by atoms with E-state index < -0.39 is 18.1 Å². The molecule has 1 aromatic heterocycles. The zero-order valence-electron chi connectivity index (χ0n) is 16.1. The van der Waals surface area contributed by atoms with Crippen molar-refractivity contribution in [1.29, 1.82) is 0 Å². The van der Waals surface area contributed by atoms with Crippen molar-refractivity contribution in [2.75, 3.05) is 6.54 Å². The summed E-state index contributed by atoms with van der Waals surface area (Å²) >= 11 is 3.20. The number of aromatic nitrogens is 2. The van der Waals surface area contributed by atoms with Crippen LogP contribution in [0.4, 0.5) is 13.2 Å². The van der Waals surface area contributed by atoms with Crippen LogP contribution in [0.5, 0.6) is 0 Å². The van der Waals surface area contributed by atoms with Gasteiger partial charge in [-0.25, -0.2) is 4.98 Å². The Labute approximate surface area is 166 Å². The summed E-state index contributed by atoms with van der Waals surface area (Å²) in [6.45, 7) is 10.0. The third kappa shape index (κ3) is 5.12. The van der Waals surface area contributed by atoms with Gasteiger partial charge in [-0.1, -0.05) is 55.8 Å². The Bertz CT molecular complexity index is 742. The molecule has 0 aliphatic carbocycles. The van der Waals surface area contributed by atoms with Crippen LogP contribution in [0.15, 0.2) is 34.9 Å². The predicted molar refractivity (Wildman–Crippen MR) is 104 cm³/mol. The van der Waals surface area contributed by atoms with Crippen LogP contribution in [0.1, 0.15) is 55.6 Å². The number of aryl methyl sites for hydroxylation is 1. The molecule has 0 bridgehead atoms. The summed E-state index contributed by atoms with van der Waals surface area (Å²) < 4.78 is 43.2. The first-order chi connectivity index (χ1) is 12.8. The van der Waals surface area contributed by atoms with Gasteiger partial charge in [-0.2, -0.15) is 13.2 Å². The highest BCUT2D eigenvalue weighted by Crippen LogP contribution is 2.39. The molecule has 2 heterocycles. The Morgan fingerprint density at radius 2 is 1.63 bits per heavy atom. The van der Waals surface area contributed by atoms with Gasteiger partial charge in [-0.05, 0) is 24.6 Å². The number of imidazole rings is 1. The van der Waals surface area contributed by atoms with Crippen LogP contribution in [0.2, 0.25) is 0 Å². The summed E-state index contributed by atoms with van der Waals surface area (Å²) in [7, 11) is 0. The molecule has 1 aliphatic heterocycles. The van der Waals surface area contributed by atoms with E-state index >= 15 is 0 Å². The van der Waals surface area contributed by atoms with Gasteiger partial charge in [-0.3, -0.25) is 4.79 Å². The first-order valence-corrected chi connectivity index (χ1v) is 9.73. The largest absolute Gasteiger partial charge is 0.413 e. The summed E-state index contributed by atoms with van der Waals surface area (Å²) in [5.41, 5.74) is 0.235. The minimum Gasteiger partial charge on any atom is -0.322 e. The summed E-state index contributed by atoms with van der Waals surface area (Å²) in [6, 6.07) is 3.87. The number of fused-ring (bicyclic) bond motifs is 1. The molecule has 150 valence electrons. The van der Waals surface area contributed by atoms with Crippen molar-refractivity contribution in [3.63, 3.8) is 0 Å². The Balaban J connectivity index is 0.000000855. The van der Waals surface area contributed by atoms with Crippen molar-refractivity contribution in [2.24, 2.45) is 0 Å². The predicted octanol–water partition coefficient (Wildman–Crippen LogP) is 5.77. The van der Waals surface area contributed by atoms with E-state index in [1.807, 2.05) is 27.7 Å². The van der Waals surface area contributed by atoms with Gasteiger partial charge in [0, 0.05) is 17.6 Å². The topological polar surface area (TPSA) is 38.1 Å². The summed E-state index contributed by atoms with van der Waals surface area (Å²) in [4.78, 5) is 17.4. The second-order valence-corrected chi connectivity index (χ2v) is 6.25. The highest BCUT2D eigenvalue weighted by molar-refractivity contribution is 9.10. The number of benzene rings is 1. The van der Waals surface area contributed by atoms with Crippen LogP contribution in [0.25, 0.3) is 0 Å². The molecule has 1 atom stereocenters. The van der Waals surface area contributed by atoms with Gasteiger partial charge in [0.1, 0.15) is 11.5 Å². The third-order valence-electron chi connectivity index (χ3n) is 3.91. The van der Waals surface area contributed by atoms with E-state index in [0.29, 0.717) is 16.8 Å². The van der Waals surface area contributed by atoms with E-state index in [-0.39, 0.29) is 17.8 Å². The van der Waals surface area contributed by atoms with Crippen LogP contribution in [0.3, 0.4) is 0 Å². The van der Waals surface area contributed by atoms with Gasteiger partial charge in [0.15, 0.2) is 6.04 Å². The minimum atomic E-state index is -4.55. The molecule has 1 aliphatic rings. The molecule has 3 rings (SSSR count). The number of halogens is 4. The van der Waals surface area contributed by atoms with Crippen LogP contribution in [0, 0.1) is 6.92 Å².